The van der Waals surface area contributed by atoms with Gasteiger partial charge in [-0.25, -0.2) is 4.98 Å². The molecule has 0 aliphatic carbocycles. The van der Waals surface area contributed by atoms with E-state index in [1.54, 1.807) is 0 Å². The average Bonchev–Trinajstić information content (AvgIpc) is 2.86. The van der Waals surface area contributed by atoms with Gasteiger partial charge >= 0.3 is 0 Å². The Morgan fingerprint density at radius 2 is 2.18 bits per heavy atom. The normalized spacial score (nSPS) is 14.6. The molecule has 0 radical (unpaired) electrons. The quantitative estimate of drug-likeness (QED) is 0.649. The van der Waals surface area contributed by atoms with E-state index in [0.717, 1.165) is 30.6 Å². The first-order valence-corrected chi connectivity index (χ1v) is 8.79. The van der Waals surface area contributed by atoms with Gasteiger partial charge in [-0.3, -0.25) is 4.79 Å². The van der Waals surface area contributed by atoms with E-state index in [9.17, 15) is 9.90 Å². The van der Waals surface area contributed by atoms with Crippen molar-refractivity contribution in [3.05, 3.63) is 11.1 Å². The predicted octanol–water partition coefficient (Wildman–Crippen LogP) is 3.25. The Hall–Kier alpha value is -0.980. The molecule has 0 aromatic carbocycles. The van der Waals surface area contributed by atoms with Gasteiger partial charge in [0.05, 0.1) is 11.6 Å². The molecule has 1 rings (SSSR count). The van der Waals surface area contributed by atoms with Crippen LogP contribution in [-0.4, -0.2) is 27.6 Å². The number of nitrogens with two attached hydrogens (primary N) is 1. The summed E-state index contributed by atoms with van der Waals surface area (Å²) in [5, 5.41) is 13.1. The third kappa shape index (κ3) is 6.85. The molecule has 4 N–H and O–H groups in total. The fourth-order valence-corrected chi connectivity index (χ4v) is 3.10. The topological polar surface area (TPSA) is 88.2 Å². The van der Waals surface area contributed by atoms with Gasteiger partial charge < -0.3 is 16.2 Å². The number of hydrogen-bond donors (Lipinski definition) is 3. The number of anilines is 1. The SMILES string of the molecule is CCC[C@H](N)C(=O)Nc1ncc(C(C)CCCC(C)(C)O)s1. The van der Waals surface area contributed by atoms with Crippen LogP contribution in [0.1, 0.15) is 70.6 Å². The van der Waals surface area contributed by atoms with Crippen LogP contribution < -0.4 is 11.1 Å². The fourth-order valence-electron chi connectivity index (χ4n) is 2.20. The summed E-state index contributed by atoms with van der Waals surface area (Å²) in [6.07, 6.45) is 6.12. The third-order valence-corrected chi connectivity index (χ3v) is 4.75. The molecular formula is C16H29N3O2S. The highest BCUT2D eigenvalue weighted by Gasteiger charge is 2.17. The van der Waals surface area contributed by atoms with Crippen molar-refractivity contribution in [1.29, 1.82) is 0 Å². The van der Waals surface area contributed by atoms with Gasteiger partial charge in [0, 0.05) is 11.1 Å². The molecule has 22 heavy (non-hydrogen) atoms. The van der Waals surface area contributed by atoms with Crippen LogP contribution in [0, 0.1) is 0 Å². The van der Waals surface area contributed by atoms with Crippen LogP contribution >= 0.6 is 11.3 Å². The Labute approximate surface area is 137 Å². The zero-order chi connectivity index (χ0) is 16.8. The van der Waals surface area contributed by atoms with Gasteiger partial charge in [-0.05, 0) is 45.4 Å². The minimum Gasteiger partial charge on any atom is -0.390 e. The lowest BCUT2D eigenvalue weighted by atomic mass is 9.96. The Morgan fingerprint density at radius 3 is 2.77 bits per heavy atom. The lowest BCUT2D eigenvalue weighted by Crippen LogP contribution is -2.35. The van der Waals surface area contributed by atoms with Gasteiger partial charge in [-0.15, -0.1) is 11.3 Å². The lowest BCUT2D eigenvalue weighted by molar-refractivity contribution is -0.117. The van der Waals surface area contributed by atoms with Crippen LogP contribution in [0.15, 0.2) is 6.20 Å². The van der Waals surface area contributed by atoms with Crippen LogP contribution in [0.25, 0.3) is 0 Å². The van der Waals surface area contributed by atoms with Crippen molar-refractivity contribution in [3.8, 4) is 0 Å². The Morgan fingerprint density at radius 1 is 1.50 bits per heavy atom. The molecule has 1 heterocycles. The van der Waals surface area contributed by atoms with E-state index in [2.05, 4.69) is 17.2 Å². The van der Waals surface area contributed by atoms with Gasteiger partial charge in [-0.1, -0.05) is 20.3 Å². The number of nitrogens with zero attached hydrogens (tertiary/aromatic N) is 1. The van der Waals surface area contributed by atoms with Crippen molar-refractivity contribution in [3.63, 3.8) is 0 Å². The second-order valence-corrected chi connectivity index (χ2v) is 7.62. The molecule has 0 saturated carbocycles. The molecule has 0 aliphatic heterocycles. The van der Waals surface area contributed by atoms with Crippen LogP contribution in [-0.2, 0) is 4.79 Å². The maximum Gasteiger partial charge on any atom is 0.243 e. The highest BCUT2D eigenvalue weighted by Crippen LogP contribution is 2.30. The minimum atomic E-state index is -0.609. The van der Waals surface area contributed by atoms with E-state index in [1.807, 2.05) is 27.0 Å². The van der Waals surface area contributed by atoms with Crippen LogP contribution in [0.5, 0.6) is 0 Å². The number of carbonyl (C=O) groups excluding carboxylic acids is 1. The van der Waals surface area contributed by atoms with Gasteiger partial charge in [0.15, 0.2) is 5.13 Å². The first kappa shape index (κ1) is 19.1. The lowest BCUT2D eigenvalue weighted by Gasteiger charge is -2.17. The molecule has 1 unspecified atom stereocenters. The van der Waals surface area contributed by atoms with Gasteiger partial charge in [0.2, 0.25) is 5.91 Å². The smallest absolute Gasteiger partial charge is 0.243 e. The summed E-state index contributed by atoms with van der Waals surface area (Å²) in [5.41, 5.74) is 5.18. The number of aromatic nitrogens is 1. The second-order valence-electron chi connectivity index (χ2n) is 6.56. The molecular weight excluding hydrogens is 298 g/mol. The standard InChI is InChI=1S/C16H29N3O2S/c1-5-7-12(17)14(20)19-15-18-10-13(22-15)11(2)8-6-9-16(3,4)21/h10-12,21H,5-9,17H2,1-4H3,(H,18,19,20)/t11?,12-/m0/s1. The molecule has 6 heteroatoms. The Bertz CT molecular complexity index is 468. The first-order chi connectivity index (χ1) is 10.2. The van der Waals surface area contributed by atoms with Crippen molar-refractivity contribution in [2.45, 2.75) is 77.4 Å². The third-order valence-electron chi connectivity index (χ3n) is 3.60. The van der Waals surface area contributed by atoms with Gasteiger partial charge in [0.25, 0.3) is 0 Å². The molecule has 0 aliphatic rings. The average molecular weight is 327 g/mol. The zero-order valence-corrected chi connectivity index (χ0v) is 14.9. The Balaban J connectivity index is 2.47. The van der Waals surface area contributed by atoms with E-state index < -0.39 is 11.6 Å². The largest absolute Gasteiger partial charge is 0.390 e. The summed E-state index contributed by atoms with van der Waals surface area (Å²) in [7, 11) is 0. The molecule has 0 fully saturated rings. The fraction of sp³-hybridized carbons (Fsp3) is 0.750. The van der Waals surface area contributed by atoms with Crippen molar-refractivity contribution >= 4 is 22.4 Å². The molecule has 0 spiro atoms. The van der Waals surface area contributed by atoms with Crippen LogP contribution in [0.4, 0.5) is 5.13 Å². The highest BCUT2D eigenvalue weighted by atomic mass is 32.1. The highest BCUT2D eigenvalue weighted by molar-refractivity contribution is 7.15. The van der Waals surface area contributed by atoms with E-state index in [-0.39, 0.29) is 5.91 Å². The minimum absolute atomic E-state index is 0.169. The molecule has 1 amide bonds. The zero-order valence-electron chi connectivity index (χ0n) is 14.1. The summed E-state index contributed by atoms with van der Waals surface area (Å²) in [4.78, 5) is 17.3. The van der Waals surface area contributed by atoms with Crippen molar-refractivity contribution in [1.82, 2.24) is 4.98 Å². The predicted molar refractivity (Wildman–Crippen MR) is 92.2 cm³/mol. The van der Waals surface area contributed by atoms with Crippen molar-refractivity contribution < 1.29 is 9.90 Å². The van der Waals surface area contributed by atoms with Crippen LogP contribution in [0.3, 0.4) is 0 Å². The number of thiazole rings is 1. The van der Waals surface area contributed by atoms with Crippen molar-refractivity contribution in [2.24, 2.45) is 5.73 Å². The van der Waals surface area contributed by atoms with Gasteiger partial charge in [0.1, 0.15) is 0 Å². The first-order valence-electron chi connectivity index (χ1n) is 7.97. The number of nitrogens with one attached hydrogen (secondary N) is 1. The number of aliphatic hydroxyl groups is 1. The summed E-state index contributed by atoms with van der Waals surface area (Å²) in [6, 6.07) is -0.471. The second kappa shape index (κ2) is 8.60. The molecule has 0 saturated heterocycles. The number of carbonyl (C=O) groups is 1. The number of hydrogen-bond acceptors (Lipinski definition) is 5. The number of amides is 1. The maximum atomic E-state index is 11.9. The monoisotopic (exact) mass is 327 g/mol. The van der Waals surface area contributed by atoms with Crippen molar-refractivity contribution in [2.75, 3.05) is 5.32 Å². The van der Waals surface area contributed by atoms with Crippen LogP contribution in [0.2, 0.25) is 0 Å². The van der Waals surface area contributed by atoms with E-state index in [4.69, 9.17) is 5.73 Å². The maximum absolute atomic E-state index is 11.9. The number of rotatable bonds is 9. The molecule has 5 nitrogen and oxygen atoms in total. The van der Waals surface area contributed by atoms with Gasteiger partial charge in [-0.2, -0.15) is 0 Å². The Kier molecular flexibility index (Phi) is 7.45. The summed E-state index contributed by atoms with van der Waals surface area (Å²) in [6.45, 7) is 7.81. The molecule has 0 bridgehead atoms. The van der Waals surface area contributed by atoms with E-state index in [1.165, 1.54) is 11.3 Å². The van der Waals surface area contributed by atoms with E-state index >= 15 is 0 Å². The summed E-state index contributed by atoms with van der Waals surface area (Å²) in [5.74, 6) is 0.201. The summed E-state index contributed by atoms with van der Waals surface area (Å²) >= 11 is 1.50. The van der Waals surface area contributed by atoms with E-state index in [0.29, 0.717) is 17.5 Å². The molecule has 1 aromatic rings. The molecule has 1 aromatic heterocycles. The summed E-state index contributed by atoms with van der Waals surface area (Å²) < 4.78 is 0. The molecule has 126 valence electrons. The molecule has 2 atom stereocenters.